The summed E-state index contributed by atoms with van der Waals surface area (Å²) in [6.45, 7) is 4.34. The SMILES string of the molecule is CCCC/C(=C/C(=O)OCC)Nc1ccccc1. The molecule has 0 bridgehead atoms. The third-order valence-corrected chi connectivity index (χ3v) is 2.46. The van der Waals surface area contributed by atoms with E-state index in [1.54, 1.807) is 6.08 Å². The lowest BCUT2D eigenvalue weighted by Crippen LogP contribution is -2.06. The van der Waals surface area contributed by atoms with Gasteiger partial charge in [0, 0.05) is 17.5 Å². The molecule has 0 saturated heterocycles. The standard InChI is InChI=1S/C15H21NO2/c1-3-5-9-14(12-15(17)18-4-2)16-13-10-7-6-8-11-13/h6-8,10-12,16H,3-5,9H2,1-2H3/b14-12-. The monoisotopic (exact) mass is 247 g/mol. The van der Waals surface area contributed by atoms with Gasteiger partial charge in [-0.05, 0) is 31.9 Å². The van der Waals surface area contributed by atoms with Crippen LogP contribution in [0.4, 0.5) is 5.69 Å². The normalized spacial score (nSPS) is 11.1. The third kappa shape index (κ3) is 5.53. The third-order valence-electron chi connectivity index (χ3n) is 2.46. The van der Waals surface area contributed by atoms with E-state index in [0.29, 0.717) is 6.61 Å². The fraction of sp³-hybridized carbons (Fsp3) is 0.400. The molecular weight excluding hydrogens is 226 g/mol. The highest BCUT2D eigenvalue weighted by atomic mass is 16.5. The van der Waals surface area contributed by atoms with Crippen LogP contribution in [-0.2, 0) is 9.53 Å². The molecule has 0 fully saturated rings. The summed E-state index contributed by atoms with van der Waals surface area (Å²) in [5.41, 5.74) is 1.89. The van der Waals surface area contributed by atoms with Gasteiger partial charge in [-0.25, -0.2) is 4.79 Å². The van der Waals surface area contributed by atoms with Crippen LogP contribution in [0.25, 0.3) is 0 Å². The summed E-state index contributed by atoms with van der Waals surface area (Å²) < 4.78 is 4.93. The molecule has 0 atom stereocenters. The number of hydrogen-bond donors (Lipinski definition) is 1. The number of hydrogen-bond acceptors (Lipinski definition) is 3. The Morgan fingerprint density at radius 1 is 1.28 bits per heavy atom. The molecule has 0 spiro atoms. The van der Waals surface area contributed by atoms with E-state index in [4.69, 9.17) is 4.74 Å². The number of carbonyl (C=O) groups excluding carboxylic acids is 1. The average Bonchev–Trinajstić information content (AvgIpc) is 2.37. The Labute approximate surface area is 109 Å². The number of benzene rings is 1. The minimum Gasteiger partial charge on any atom is -0.463 e. The van der Waals surface area contributed by atoms with Gasteiger partial charge in [0.25, 0.3) is 0 Å². The Morgan fingerprint density at radius 2 is 2.00 bits per heavy atom. The number of anilines is 1. The van der Waals surface area contributed by atoms with Gasteiger partial charge >= 0.3 is 5.97 Å². The molecule has 1 rings (SSSR count). The molecule has 0 aliphatic carbocycles. The molecular formula is C15H21NO2. The highest BCUT2D eigenvalue weighted by Gasteiger charge is 2.03. The Bertz CT molecular complexity index is 385. The lowest BCUT2D eigenvalue weighted by atomic mass is 10.2. The molecule has 0 aliphatic rings. The zero-order valence-corrected chi connectivity index (χ0v) is 11.1. The molecule has 0 saturated carbocycles. The topological polar surface area (TPSA) is 38.3 Å². The van der Waals surface area contributed by atoms with E-state index in [-0.39, 0.29) is 5.97 Å². The van der Waals surface area contributed by atoms with Crippen LogP contribution in [0.5, 0.6) is 0 Å². The van der Waals surface area contributed by atoms with Crippen LogP contribution in [0.3, 0.4) is 0 Å². The fourth-order valence-electron chi connectivity index (χ4n) is 1.57. The highest BCUT2D eigenvalue weighted by Crippen LogP contribution is 2.13. The summed E-state index contributed by atoms with van der Waals surface area (Å²) in [6.07, 6.45) is 4.54. The van der Waals surface area contributed by atoms with Crippen molar-refractivity contribution in [2.45, 2.75) is 33.1 Å². The smallest absolute Gasteiger partial charge is 0.332 e. The molecule has 0 heterocycles. The van der Waals surface area contributed by atoms with Crippen LogP contribution in [-0.4, -0.2) is 12.6 Å². The van der Waals surface area contributed by atoms with Gasteiger partial charge in [-0.1, -0.05) is 31.5 Å². The number of carbonyl (C=O) groups is 1. The van der Waals surface area contributed by atoms with Crippen molar-refractivity contribution in [3.63, 3.8) is 0 Å². The van der Waals surface area contributed by atoms with Gasteiger partial charge in [-0.15, -0.1) is 0 Å². The van der Waals surface area contributed by atoms with Crippen LogP contribution >= 0.6 is 0 Å². The van der Waals surface area contributed by atoms with Crippen molar-refractivity contribution in [2.24, 2.45) is 0 Å². The minimum atomic E-state index is -0.285. The van der Waals surface area contributed by atoms with E-state index in [1.807, 2.05) is 37.3 Å². The summed E-state index contributed by atoms with van der Waals surface area (Å²) in [5, 5.41) is 3.26. The Hall–Kier alpha value is -1.77. The molecule has 3 nitrogen and oxygen atoms in total. The number of rotatable bonds is 7. The maximum Gasteiger partial charge on any atom is 0.332 e. The van der Waals surface area contributed by atoms with Gasteiger partial charge in [0.15, 0.2) is 0 Å². The maximum absolute atomic E-state index is 11.5. The van der Waals surface area contributed by atoms with Gasteiger partial charge in [0.2, 0.25) is 0 Å². The van der Waals surface area contributed by atoms with Gasteiger partial charge in [0.1, 0.15) is 0 Å². The van der Waals surface area contributed by atoms with Crippen molar-refractivity contribution in [1.82, 2.24) is 0 Å². The average molecular weight is 247 g/mol. The van der Waals surface area contributed by atoms with E-state index >= 15 is 0 Å². The second kappa shape index (κ2) is 8.34. The van der Waals surface area contributed by atoms with E-state index in [0.717, 1.165) is 30.6 Å². The number of unbranched alkanes of at least 4 members (excludes halogenated alkanes) is 1. The van der Waals surface area contributed by atoms with Crippen LogP contribution in [0.15, 0.2) is 42.1 Å². The van der Waals surface area contributed by atoms with Crippen molar-refractivity contribution >= 4 is 11.7 Å². The summed E-state index contributed by atoms with van der Waals surface area (Å²) >= 11 is 0. The van der Waals surface area contributed by atoms with Gasteiger partial charge in [-0.2, -0.15) is 0 Å². The first-order valence-corrected chi connectivity index (χ1v) is 6.45. The predicted octanol–water partition coefficient (Wildman–Crippen LogP) is 3.74. The van der Waals surface area contributed by atoms with Crippen LogP contribution in [0.1, 0.15) is 33.1 Å². The number of nitrogens with one attached hydrogen (secondary N) is 1. The Balaban J connectivity index is 2.69. The van der Waals surface area contributed by atoms with E-state index in [2.05, 4.69) is 12.2 Å². The van der Waals surface area contributed by atoms with E-state index in [9.17, 15) is 4.79 Å². The first-order valence-electron chi connectivity index (χ1n) is 6.45. The highest BCUT2D eigenvalue weighted by molar-refractivity contribution is 5.83. The second-order valence-corrected chi connectivity index (χ2v) is 4.02. The first kappa shape index (κ1) is 14.3. The quantitative estimate of drug-likeness (QED) is 0.589. The molecule has 0 aromatic heterocycles. The Morgan fingerprint density at radius 3 is 2.61 bits per heavy atom. The first-order chi connectivity index (χ1) is 8.76. The molecule has 98 valence electrons. The van der Waals surface area contributed by atoms with Crippen LogP contribution in [0.2, 0.25) is 0 Å². The van der Waals surface area contributed by atoms with Gasteiger partial charge < -0.3 is 10.1 Å². The minimum absolute atomic E-state index is 0.285. The predicted molar refractivity (Wildman–Crippen MR) is 74.3 cm³/mol. The lowest BCUT2D eigenvalue weighted by Gasteiger charge is -2.10. The van der Waals surface area contributed by atoms with Gasteiger partial charge in [-0.3, -0.25) is 0 Å². The van der Waals surface area contributed by atoms with Gasteiger partial charge in [0.05, 0.1) is 6.61 Å². The zero-order chi connectivity index (χ0) is 13.2. The molecule has 18 heavy (non-hydrogen) atoms. The molecule has 0 amide bonds. The zero-order valence-electron chi connectivity index (χ0n) is 11.1. The molecule has 1 N–H and O–H groups in total. The van der Waals surface area contributed by atoms with Crippen molar-refractivity contribution < 1.29 is 9.53 Å². The summed E-state index contributed by atoms with van der Waals surface area (Å²) in [6, 6.07) is 9.84. The lowest BCUT2D eigenvalue weighted by molar-refractivity contribution is -0.137. The number of para-hydroxylation sites is 1. The molecule has 0 unspecified atom stereocenters. The van der Waals surface area contributed by atoms with E-state index in [1.165, 1.54) is 0 Å². The molecule has 0 aliphatic heterocycles. The van der Waals surface area contributed by atoms with E-state index < -0.39 is 0 Å². The largest absolute Gasteiger partial charge is 0.463 e. The Kier molecular flexibility index (Phi) is 6.62. The molecule has 1 aromatic carbocycles. The van der Waals surface area contributed by atoms with Crippen molar-refractivity contribution in [2.75, 3.05) is 11.9 Å². The van der Waals surface area contributed by atoms with Crippen LogP contribution in [0, 0.1) is 0 Å². The number of esters is 1. The molecule has 3 heteroatoms. The summed E-state index contributed by atoms with van der Waals surface area (Å²) in [7, 11) is 0. The van der Waals surface area contributed by atoms with Crippen molar-refractivity contribution in [3.8, 4) is 0 Å². The van der Waals surface area contributed by atoms with Crippen molar-refractivity contribution in [1.29, 1.82) is 0 Å². The molecule has 1 aromatic rings. The summed E-state index contributed by atoms with van der Waals surface area (Å²) in [5.74, 6) is -0.285. The number of allylic oxidation sites excluding steroid dienone is 1. The van der Waals surface area contributed by atoms with Crippen LogP contribution < -0.4 is 5.32 Å². The summed E-state index contributed by atoms with van der Waals surface area (Å²) in [4.78, 5) is 11.5. The van der Waals surface area contributed by atoms with Crippen molar-refractivity contribution in [3.05, 3.63) is 42.1 Å². The number of ether oxygens (including phenoxy) is 1. The maximum atomic E-state index is 11.5. The second-order valence-electron chi connectivity index (χ2n) is 4.02. The fourth-order valence-corrected chi connectivity index (χ4v) is 1.57. The molecule has 0 radical (unpaired) electrons.